The molecule has 90 valence electrons. The summed E-state index contributed by atoms with van der Waals surface area (Å²) in [5.74, 6) is 0. The first-order valence-corrected chi connectivity index (χ1v) is 5.70. The van der Waals surface area contributed by atoms with Gasteiger partial charge in [0.15, 0.2) is 0 Å². The molecule has 0 amide bonds. The highest BCUT2D eigenvalue weighted by atomic mass is 15.1. The minimum absolute atomic E-state index is 0.265. The summed E-state index contributed by atoms with van der Waals surface area (Å²) in [6.07, 6.45) is 1.84. The van der Waals surface area contributed by atoms with E-state index in [9.17, 15) is 0 Å². The van der Waals surface area contributed by atoms with Crippen LogP contribution in [0.1, 0.15) is 19.5 Å². The smallest absolute Gasteiger partial charge is 0.0393 e. The van der Waals surface area contributed by atoms with Gasteiger partial charge in [-0.15, -0.1) is 0 Å². The first-order valence-electron chi connectivity index (χ1n) is 5.70. The lowest BCUT2D eigenvalue weighted by Gasteiger charge is -2.28. The van der Waals surface area contributed by atoms with E-state index in [-0.39, 0.29) is 5.41 Å². The summed E-state index contributed by atoms with van der Waals surface area (Å²) >= 11 is 0. The van der Waals surface area contributed by atoms with Gasteiger partial charge in [-0.2, -0.15) is 0 Å². The highest BCUT2D eigenvalue weighted by Gasteiger charge is 2.18. The number of anilines is 1. The van der Waals surface area contributed by atoms with Gasteiger partial charge in [-0.3, -0.25) is 4.98 Å². The Balaban J connectivity index is 2.50. The topological polar surface area (TPSA) is 28.2 Å². The molecule has 0 unspecified atom stereocenters. The van der Waals surface area contributed by atoms with E-state index in [2.05, 4.69) is 49.2 Å². The van der Waals surface area contributed by atoms with Crippen LogP contribution in [0.2, 0.25) is 0 Å². The van der Waals surface area contributed by atoms with Crippen LogP contribution in [0, 0.1) is 12.3 Å². The van der Waals surface area contributed by atoms with Gasteiger partial charge in [-0.25, -0.2) is 0 Å². The Kier molecular flexibility index (Phi) is 4.30. The Morgan fingerprint density at radius 2 is 2.06 bits per heavy atom. The highest BCUT2D eigenvalue weighted by Crippen LogP contribution is 2.17. The van der Waals surface area contributed by atoms with Crippen molar-refractivity contribution in [3.8, 4) is 0 Å². The maximum Gasteiger partial charge on any atom is 0.0393 e. The molecule has 0 saturated heterocycles. The number of hydrogen-bond donors (Lipinski definition) is 1. The summed E-state index contributed by atoms with van der Waals surface area (Å²) in [4.78, 5) is 6.41. The number of nitrogens with zero attached hydrogens (tertiary/aromatic N) is 2. The number of hydrogen-bond acceptors (Lipinski definition) is 3. The first-order chi connectivity index (χ1) is 7.39. The van der Waals surface area contributed by atoms with Crippen molar-refractivity contribution in [1.82, 2.24) is 9.88 Å². The molecule has 0 fully saturated rings. The van der Waals surface area contributed by atoms with Crippen LogP contribution in [0.5, 0.6) is 0 Å². The number of aryl methyl sites for hydroxylation is 1. The second-order valence-electron chi connectivity index (χ2n) is 5.44. The predicted octanol–water partition coefficient (Wildman–Crippen LogP) is 2.39. The molecular formula is C13H23N3. The van der Waals surface area contributed by atoms with E-state index < -0.39 is 0 Å². The Morgan fingerprint density at radius 1 is 1.38 bits per heavy atom. The highest BCUT2D eigenvalue weighted by molar-refractivity contribution is 5.43. The van der Waals surface area contributed by atoms with Crippen molar-refractivity contribution in [3.05, 3.63) is 24.0 Å². The molecule has 1 heterocycles. The number of aromatic nitrogens is 1. The molecule has 1 N–H and O–H groups in total. The lowest BCUT2D eigenvalue weighted by Crippen LogP contribution is -2.34. The molecule has 1 aromatic heterocycles. The number of rotatable bonds is 5. The second-order valence-corrected chi connectivity index (χ2v) is 5.44. The quantitative estimate of drug-likeness (QED) is 0.827. The molecule has 0 aromatic carbocycles. The van der Waals surface area contributed by atoms with Crippen molar-refractivity contribution < 1.29 is 0 Å². The molecule has 3 heteroatoms. The minimum Gasteiger partial charge on any atom is -0.384 e. The van der Waals surface area contributed by atoms with Crippen LogP contribution >= 0.6 is 0 Å². The molecule has 0 saturated carbocycles. The van der Waals surface area contributed by atoms with Gasteiger partial charge in [0, 0.05) is 30.7 Å². The van der Waals surface area contributed by atoms with Crippen molar-refractivity contribution in [1.29, 1.82) is 0 Å². The largest absolute Gasteiger partial charge is 0.384 e. The predicted molar refractivity (Wildman–Crippen MR) is 69.8 cm³/mol. The fraction of sp³-hybridized carbons (Fsp3) is 0.615. The van der Waals surface area contributed by atoms with E-state index in [1.165, 1.54) is 0 Å². The molecule has 16 heavy (non-hydrogen) atoms. The number of pyridine rings is 1. The Hall–Kier alpha value is -1.09. The first kappa shape index (κ1) is 13.0. The molecule has 0 aliphatic carbocycles. The second kappa shape index (κ2) is 5.30. The van der Waals surface area contributed by atoms with Crippen molar-refractivity contribution in [3.63, 3.8) is 0 Å². The Labute approximate surface area is 98.9 Å². The third-order valence-electron chi connectivity index (χ3n) is 2.41. The van der Waals surface area contributed by atoms with E-state index >= 15 is 0 Å². The molecule has 0 spiro atoms. The van der Waals surface area contributed by atoms with Gasteiger partial charge in [0.25, 0.3) is 0 Å². The minimum atomic E-state index is 0.265. The van der Waals surface area contributed by atoms with E-state index in [1.807, 2.05) is 19.2 Å². The molecule has 0 aliphatic heterocycles. The summed E-state index contributed by atoms with van der Waals surface area (Å²) in [5, 5.41) is 3.46. The van der Waals surface area contributed by atoms with Crippen LogP contribution in [0.3, 0.4) is 0 Å². The molecule has 0 atom stereocenters. The van der Waals surface area contributed by atoms with Crippen LogP contribution in [-0.2, 0) is 0 Å². The van der Waals surface area contributed by atoms with Gasteiger partial charge in [0.05, 0.1) is 0 Å². The summed E-state index contributed by atoms with van der Waals surface area (Å²) < 4.78 is 0. The standard InChI is InChI=1S/C13H23N3/c1-11-8-12(6-7-14-11)15-9-13(2,3)10-16(4)5/h6-8H,9-10H2,1-5H3,(H,14,15). The average Bonchev–Trinajstić information content (AvgIpc) is 2.13. The maximum atomic E-state index is 4.18. The molecule has 0 radical (unpaired) electrons. The van der Waals surface area contributed by atoms with E-state index in [0.29, 0.717) is 0 Å². The Morgan fingerprint density at radius 3 is 2.62 bits per heavy atom. The lowest BCUT2D eigenvalue weighted by atomic mass is 9.93. The van der Waals surface area contributed by atoms with Crippen molar-refractivity contribution in [2.45, 2.75) is 20.8 Å². The van der Waals surface area contributed by atoms with Crippen LogP contribution in [0.15, 0.2) is 18.3 Å². The van der Waals surface area contributed by atoms with Gasteiger partial charge < -0.3 is 10.2 Å². The third kappa shape index (κ3) is 4.62. The van der Waals surface area contributed by atoms with E-state index in [1.54, 1.807) is 0 Å². The summed E-state index contributed by atoms with van der Waals surface area (Å²) in [7, 11) is 4.22. The molecule has 3 nitrogen and oxygen atoms in total. The van der Waals surface area contributed by atoms with Crippen LogP contribution in [0.4, 0.5) is 5.69 Å². The van der Waals surface area contributed by atoms with Crippen molar-refractivity contribution in [2.24, 2.45) is 5.41 Å². The fourth-order valence-electron chi connectivity index (χ4n) is 1.91. The van der Waals surface area contributed by atoms with Gasteiger partial charge in [0.1, 0.15) is 0 Å². The maximum absolute atomic E-state index is 4.18. The molecule has 1 rings (SSSR count). The van der Waals surface area contributed by atoms with E-state index in [4.69, 9.17) is 0 Å². The molecular weight excluding hydrogens is 198 g/mol. The van der Waals surface area contributed by atoms with Gasteiger partial charge in [0.2, 0.25) is 0 Å². The van der Waals surface area contributed by atoms with Crippen LogP contribution in [0.25, 0.3) is 0 Å². The normalized spacial score (nSPS) is 11.9. The SMILES string of the molecule is Cc1cc(NCC(C)(C)CN(C)C)ccn1. The average molecular weight is 221 g/mol. The zero-order valence-corrected chi connectivity index (χ0v) is 11.0. The zero-order chi connectivity index (χ0) is 12.2. The summed E-state index contributed by atoms with van der Waals surface area (Å²) in [6, 6.07) is 4.09. The van der Waals surface area contributed by atoms with Crippen molar-refractivity contribution >= 4 is 5.69 Å². The van der Waals surface area contributed by atoms with Crippen molar-refractivity contribution in [2.75, 3.05) is 32.5 Å². The molecule has 1 aromatic rings. The Bertz CT molecular complexity index is 332. The third-order valence-corrected chi connectivity index (χ3v) is 2.41. The monoisotopic (exact) mass is 221 g/mol. The zero-order valence-electron chi connectivity index (χ0n) is 11.0. The van der Waals surface area contributed by atoms with E-state index in [0.717, 1.165) is 24.5 Å². The summed E-state index contributed by atoms with van der Waals surface area (Å²) in [5.41, 5.74) is 2.47. The molecule has 0 bridgehead atoms. The van der Waals surface area contributed by atoms with Gasteiger partial charge >= 0.3 is 0 Å². The van der Waals surface area contributed by atoms with Gasteiger partial charge in [-0.05, 0) is 38.6 Å². The van der Waals surface area contributed by atoms with Gasteiger partial charge in [-0.1, -0.05) is 13.8 Å². The number of nitrogens with one attached hydrogen (secondary N) is 1. The fourth-order valence-corrected chi connectivity index (χ4v) is 1.91. The lowest BCUT2D eigenvalue weighted by molar-refractivity contribution is 0.254. The van der Waals surface area contributed by atoms with Crippen LogP contribution in [-0.4, -0.2) is 37.1 Å². The van der Waals surface area contributed by atoms with Crippen LogP contribution < -0.4 is 5.32 Å². The molecule has 0 aliphatic rings. The summed E-state index contributed by atoms with van der Waals surface area (Å²) in [6.45, 7) is 8.59.